The Morgan fingerprint density at radius 1 is 1.50 bits per heavy atom. The predicted octanol–water partition coefficient (Wildman–Crippen LogP) is 0.873. The number of ether oxygens (including phenoxy) is 1. The maximum Gasteiger partial charge on any atom is 0.0594 e. The SMILES string of the molecule is C=CCC(C)NCCN1CCOCC1. The zero-order valence-electron chi connectivity index (χ0n) is 9.17. The van der Waals surface area contributed by atoms with E-state index >= 15 is 0 Å². The van der Waals surface area contributed by atoms with Crippen LogP contribution >= 0.6 is 0 Å². The van der Waals surface area contributed by atoms with Crippen molar-refractivity contribution in [2.75, 3.05) is 39.4 Å². The molecule has 1 heterocycles. The summed E-state index contributed by atoms with van der Waals surface area (Å²) < 4.78 is 5.29. The fraction of sp³-hybridized carbons (Fsp3) is 0.818. The van der Waals surface area contributed by atoms with Crippen molar-refractivity contribution in [3.8, 4) is 0 Å². The van der Waals surface area contributed by atoms with Crippen LogP contribution in [-0.2, 0) is 4.74 Å². The second kappa shape index (κ2) is 6.98. The van der Waals surface area contributed by atoms with Gasteiger partial charge in [-0.25, -0.2) is 0 Å². The summed E-state index contributed by atoms with van der Waals surface area (Å²) in [5.41, 5.74) is 0. The highest BCUT2D eigenvalue weighted by Crippen LogP contribution is 1.96. The van der Waals surface area contributed by atoms with Crippen LogP contribution in [0.3, 0.4) is 0 Å². The Labute approximate surface area is 87.1 Å². The van der Waals surface area contributed by atoms with E-state index < -0.39 is 0 Å². The highest BCUT2D eigenvalue weighted by molar-refractivity contribution is 4.75. The van der Waals surface area contributed by atoms with Gasteiger partial charge in [0.25, 0.3) is 0 Å². The summed E-state index contributed by atoms with van der Waals surface area (Å²) in [5, 5.41) is 3.48. The number of hydrogen-bond acceptors (Lipinski definition) is 3. The molecule has 0 spiro atoms. The fourth-order valence-electron chi connectivity index (χ4n) is 1.63. The van der Waals surface area contributed by atoms with E-state index in [2.05, 4.69) is 23.7 Å². The minimum absolute atomic E-state index is 0.550. The predicted molar refractivity (Wildman–Crippen MR) is 59.5 cm³/mol. The molecule has 1 unspecified atom stereocenters. The van der Waals surface area contributed by atoms with Gasteiger partial charge in [-0.2, -0.15) is 0 Å². The van der Waals surface area contributed by atoms with Crippen LogP contribution in [0.2, 0.25) is 0 Å². The van der Waals surface area contributed by atoms with Crippen molar-refractivity contribution in [3.63, 3.8) is 0 Å². The van der Waals surface area contributed by atoms with Gasteiger partial charge in [0.2, 0.25) is 0 Å². The van der Waals surface area contributed by atoms with E-state index in [1.807, 2.05) is 6.08 Å². The fourth-order valence-corrected chi connectivity index (χ4v) is 1.63. The van der Waals surface area contributed by atoms with Gasteiger partial charge in [-0.3, -0.25) is 4.90 Å². The molecule has 0 bridgehead atoms. The quantitative estimate of drug-likeness (QED) is 0.641. The van der Waals surface area contributed by atoms with Gasteiger partial charge in [-0.05, 0) is 13.3 Å². The average molecular weight is 198 g/mol. The molecule has 3 heteroatoms. The minimum atomic E-state index is 0.550. The van der Waals surface area contributed by atoms with E-state index in [-0.39, 0.29) is 0 Å². The molecule has 0 radical (unpaired) electrons. The summed E-state index contributed by atoms with van der Waals surface area (Å²) in [7, 11) is 0. The largest absolute Gasteiger partial charge is 0.379 e. The Bertz CT molecular complexity index is 155. The van der Waals surface area contributed by atoms with E-state index in [1.165, 1.54) is 0 Å². The lowest BCUT2D eigenvalue weighted by atomic mass is 10.2. The molecule has 0 aromatic heterocycles. The first-order valence-corrected chi connectivity index (χ1v) is 5.47. The summed E-state index contributed by atoms with van der Waals surface area (Å²) >= 11 is 0. The molecule has 0 saturated carbocycles. The highest BCUT2D eigenvalue weighted by Gasteiger charge is 2.09. The third-order valence-electron chi connectivity index (χ3n) is 2.54. The molecule has 1 fully saturated rings. The van der Waals surface area contributed by atoms with Crippen molar-refractivity contribution in [2.24, 2.45) is 0 Å². The van der Waals surface area contributed by atoms with Crippen LogP contribution in [0.15, 0.2) is 12.7 Å². The highest BCUT2D eigenvalue weighted by atomic mass is 16.5. The van der Waals surface area contributed by atoms with Crippen LogP contribution in [0.5, 0.6) is 0 Å². The molecular formula is C11H22N2O. The van der Waals surface area contributed by atoms with E-state index in [0.717, 1.165) is 45.8 Å². The lowest BCUT2D eigenvalue weighted by Crippen LogP contribution is -2.41. The molecule has 0 amide bonds. The Balaban J connectivity index is 1.99. The van der Waals surface area contributed by atoms with Crippen LogP contribution in [0, 0.1) is 0 Å². The number of nitrogens with zero attached hydrogens (tertiary/aromatic N) is 1. The topological polar surface area (TPSA) is 24.5 Å². The summed E-state index contributed by atoms with van der Waals surface area (Å²) in [6.45, 7) is 12.1. The van der Waals surface area contributed by atoms with Crippen molar-refractivity contribution in [2.45, 2.75) is 19.4 Å². The van der Waals surface area contributed by atoms with Gasteiger partial charge in [0.1, 0.15) is 0 Å². The Morgan fingerprint density at radius 3 is 2.86 bits per heavy atom. The van der Waals surface area contributed by atoms with Crippen molar-refractivity contribution < 1.29 is 4.74 Å². The average Bonchev–Trinajstić information content (AvgIpc) is 2.20. The first-order valence-electron chi connectivity index (χ1n) is 5.47. The third-order valence-corrected chi connectivity index (χ3v) is 2.54. The normalized spacial score (nSPS) is 20.6. The number of rotatable bonds is 6. The van der Waals surface area contributed by atoms with Crippen LogP contribution in [0.1, 0.15) is 13.3 Å². The summed E-state index contributed by atoms with van der Waals surface area (Å²) in [5.74, 6) is 0. The molecule has 3 nitrogen and oxygen atoms in total. The van der Waals surface area contributed by atoms with E-state index in [4.69, 9.17) is 4.74 Å². The van der Waals surface area contributed by atoms with Gasteiger partial charge in [0.05, 0.1) is 13.2 Å². The molecule has 14 heavy (non-hydrogen) atoms. The Hall–Kier alpha value is -0.380. The summed E-state index contributed by atoms with van der Waals surface area (Å²) in [4.78, 5) is 2.44. The van der Waals surface area contributed by atoms with Gasteiger partial charge in [0, 0.05) is 32.2 Å². The molecular weight excluding hydrogens is 176 g/mol. The van der Waals surface area contributed by atoms with Crippen LogP contribution < -0.4 is 5.32 Å². The summed E-state index contributed by atoms with van der Waals surface area (Å²) in [6, 6.07) is 0.550. The molecule has 1 aliphatic rings. The molecule has 1 rings (SSSR count). The first-order chi connectivity index (χ1) is 6.83. The van der Waals surface area contributed by atoms with Gasteiger partial charge >= 0.3 is 0 Å². The smallest absolute Gasteiger partial charge is 0.0594 e. The number of morpholine rings is 1. The number of hydrogen-bond donors (Lipinski definition) is 1. The van der Waals surface area contributed by atoms with Crippen LogP contribution in [0.4, 0.5) is 0 Å². The monoisotopic (exact) mass is 198 g/mol. The van der Waals surface area contributed by atoms with E-state index in [9.17, 15) is 0 Å². The maximum absolute atomic E-state index is 5.29. The summed E-state index contributed by atoms with van der Waals surface area (Å²) in [6.07, 6.45) is 3.01. The zero-order chi connectivity index (χ0) is 10.2. The van der Waals surface area contributed by atoms with E-state index in [0.29, 0.717) is 6.04 Å². The number of nitrogens with one attached hydrogen (secondary N) is 1. The van der Waals surface area contributed by atoms with E-state index in [1.54, 1.807) is 0 Å². The van der Waals surface area contributed by atoms with Crippen molar-refractivity contribution in [1.29, 1.82) is 0 Å². The molecule has 0 aromatic carbocycles. The molecule has 82 valence electrons. The third kappa shape index (κ3) is 4.74. The van der Waals surface area contributed by atoms with Crippen molar-refractivity contribution in [3.05, 3.63) is 12.7 Å². The first kappa shape index (κ1) is 11.7. The van der Waals surface area contributed by atoms with Gasteiger partial charge < -0.3 is 10.1 Å². The lowest BCUT2D eigenvalue weighted by Gasteiger charge is -2.27. The second-order valence-corrected chi connectivity index (χ2v) is 3.83. The van der Waals surface area contributed by atoms with Gasteiger partial charge in [-0.15, -0.1) is 6.58 Å². The van der Waals surface area contributed by atoms with Crippen LogP contribution in [0.25, 0.3) is 0 Å². The Kier molecular flexibility index (Phi) is 5.83. The molecule has 0 aliphatic carbocycles. The van der Waals surface area contributed by atoms with Crippen molar-refractivity contribution >= 4 is 0 Å². The lowest BCUT2D eigenvalue weighted by molar-refractivity contribution is 0.0382. The molecule has 1 N–H and O–H groups in total. The molecule has 0 aromatic rings. The molecule has 1 saturated heterocycles. The van der Waals surface area contributed by atoms with Crippen LogP contribution in [-0.4, -0.2) is 50.3 Å². The Morgan fingerprint density at radius 2 is 2.21 bits per heavy atom. The second-order valence-electron chi connectivity index (χ2n) is 3.83. The molecule has 1 aliphatic heterocycles. The minimum Gasteiger partial charge on any atom is -0.379 e. The molecule has 1 atom stereocenters. The zero-order valence-corrected chi connectivity index (χ0v) is 9.17. The van der Waals surface area contributed by atoms with Crippen molar-refractivity contribution in [1.82, 2.24) is 10.2 Å². The standard InChI is InChI=1S/C11H22N2O/c1-3-4-11(2)12-5-6-13-7-9-14-10-8-13/h3,11-12H,1,4-10H2,2H3. The van der Waals surface area contributed by atoms with Gasteiger partial charge in [-0.1, -0.05) is 6.08 Å². The maximum atomic E-state index is 5.29. The van der Waals surface area contributed by atoms with Gasteiger partial charge in [0.15, 0.2) is 0 Å².